The summed E-state index contributed by atoms with van der Waals surface area (Å²) in [6.45, 7) is 14.5. The molecule has 3 nitrogen and oxygen atoms in total. The van der Waals surface area contributed by atoms with E-state index in [1.807, 2.05) is 6.92 Å². The summed E-state index contributed by atoms with van der Waals surface area (Å²) in [5.41, 5.74) is 2.83. The fraction of sp³-hybridized carbons (Fsp3) is 0.667. The molecule has 1 N–H and O–H groups in total. The zero-order valence-electron chi connectivity index (χ0n) is 14.2. The van der Waals surface area contributed by atoms with Crippen molar-refractivity contribution >= 4 is 0 Å². The lowest BCUT2D eigenvalue weighted by molar-refractivity contribution is 0.0435. The normalized spacial score (nSPS) is 13.4. The molecule has 0 radical (unpaired) electrons. The van der Waals surface area contributed by atoms with E-state index in [-0.39, 0.29) is 11.5 Å². The van der Waals surface area contributed by atoms with E-state index in [9.17, 15) is 0 Å². The monoisotopic (exact) mass is 293 g/mol. The van der Waals surface area contributed by atoms with E-state index >= 15 is 0 Å². The van der Waals surface area contributed by atoms with E-state index in [2.05, 4.69) is 57.3 Å². The van der Waals surface area contributed by atoms with Gasteiger partial charge in [-0.15, -0.1) is 0 Å². The quantitative estimate of drug-likeness (QED) is 0.704. The fourth-order valence-corrected chi connectivity index (χ4v) is 2.20. The van der Waals surface area contributed by atoms with E-state index < -0.39 is 0 Å². The molecular formula is C18H31NO2. The molecule has 0 aliphatic rings. The van der Waals surface area contributed by atoms with Crippen molar-refractivity contribution in [2.45, 2.75) is 46.1 Å². The van der Waals surface area contributed by atoms with Gasteiger partial charge in [0.2, 0.25) is 0 Å². The number of hydrogen-bond acceptors (Lipinski definition) is 3. The Morgan fingerprint density at radius 1 is 1.00 bits per heavy atom. The van der Waals surface area contributed by atoms with Crippen LogP contribution in [0, 0.1) is 0 Å². The molecule has 0 spiro atoms. The molecule has 0 aliphatic carbocycles. The molecule has 1 rings (SSSR count). The van der Waals surface area contributed by atoms with Crippen LogP contribution in [0.2, 0.25) is 0 Å². The molecule has 1 aromatic rings. The van der Waals surface area contributed by atoms with E-state index in [0.29, 0.717) is 19.8 Å². The second kappa shape index (κ2) is 9.19. The van der Waals surface area contributed by atoms with Crippen molar-refractivity contribution < 1.29 is 9.47 Å². The van der Waals surface area contributed by atoms with Gasteiger partial charge >= 0.3 is 0 Å². The molecule has 21 heavy (non-hydrogen) atoms. The lowest BCUT2D eigenvalue weighted by atomic mass is 9.86. The van der Waals surface area contributed by atoms with Crippen molar-refractivity contribution in [2.75, 3.05) is 33.0 Å². The van der Waals surface area contributed by atoms with Gasteiger partial charge in [0.25, 0.3) is 0 Å². The molecule has 0 amide bonds. The Morgan fingerprint density at radius 2 is 1.62 bits per heavy atom. The van der Waals surface area contributed by atoms with Crippen LogP contribution >= 0.6 is 0 Å². The first-order valence-corrected chi connectivity index (χ1v) is 7.98. The Hall–Kier alpha value is -0.900. The van der Waals surface area contributed by atoms with Crippen molar-refractivity contribution in [1.29, 1.82) is 0 Å². The van der Waals surface area contributed by atoms with Gasteiger partial charge in [0, 0.05) is 6.61 Å². The molecule has 0 saturated heterocycles. The summed E-state index contributed by atoms with van der Waals surface area (Å²) < 4.78 is 11.0. The van der Waals surface area contributed by atoms with Crippen molar-refractivity contribution in [1.82, 2.24) is 5.32 Å². The minimum Gasteiger partial charge on any atom is -0.379 e. The standard InChI is InChI=1S/C18H31NO2/c1-6-19-17(14-21-13-12-20-7-2)15-8-10-16(11-9-15)18(3,4)5/h8-11,17,19H,6-7,12-14H2,1-5H3. The van der Waals surface area contributed by atoms with Gasteiger partial charge in [-0.05, 0) is 30.0 Å². The van der Waals surface area contributed by atoms with Gasteiger partial charge in [-0.25, -0.2) is 0 Å². The molecule has 120 valence electrons. The highest BCUT2D eigenvalue weighted by Gasteiger charge is 2.15. The molecule has 1 unspecified atom stereocenters. The summed E-state index contributed by atoms with van der Waals surface area (Å²) in [7, 11) is 0. The zero-order chi connectivity index (χ0) is 15.7. The Morgan fingerprint density at radius 3 is 2.14 bits per heavy atom. The van der Waals surface area contributed by atoms with E-state index in [0.717, 1.165) is 13.2 Å². The van der Waals surface area contributed by atoms with E-state index in [1.165, 1.54) is 11.1 Å². The predicted octanol–water partition coefficient (Wildman–Crippen LogP) is 3.69. The third kappa shape index (κ3) is 6.60. The van der Waals surface area contributed by atoms with Crippen LogP contribution in [0.4, 0.5) is 0 Å². The first-order valence-electron chi connectivity index (χ1n) is 7.98. The first-order chi connectivity index (χ1) is 9.99. The zero-order valence-corrected chi connectivity index (χ0v) is 14.2. The smallest absolute Gasteiger partial charge is 0.0701 e. The van der Waals surface area contributed by atoms with Crippen molar-refractivity contribution in [3.05, 3.63) is 35.4 Å². The topological polar surface area (TPSA) is 30.5 Å². The highest BCUT2D eigenvalue weighted by atomic mass is 16.5. The third-order valence-corrected chi connectivity index (χ3v) is 3.49. The third-order valence-electron chi connectivity index (χ3n) is 3.49. The number of ether oxygens (including phenoxy) is 2. The molecule has 0 heterocycles. The van der Waals surface area contributed by atoms with Crippen LogP contribution in [0.1, 0.15) is 51.8 Å². The fourth-order valence-electron chi connectivity index (χ4n) is 2.20. The van der Waals surface area contributed by atoms with Crippen molar-refractivity contribution in [3.8, 4) is 0 Å². The van der Waals surface area contributed by atoms with Crippen LogP contribution < -0.4 is 5.32 Å². The number of nitrogens with one attached hydrogen (secondary N) is 1. The Kier molecular flexibility index (Phi) is 7.94. The average molecular weight is 293 g/mol. The summed E-state index contributed by atoms with van der Waals surface area (Å²) in [4.78, 5) is 0. The minimum atomic E-state index is 0.195. The Labute approximate surface area is 130 Å². The van der Waals surface area contributed by atoms with Gasteiger partial charge in [-0.3, -0.25) is 0 Å². The van der Waals surface area contributed by atoms with Crippen LogP contribution in [-0.2, 0) is 14.9 Å². The molecule has 0 aliphatic heterocycles. The number of benzene rings is 1. The average Bonchev–Trinajstić information content (AvgIpc) is 2.45. The van der Waals surface area contributed by atoms with Crippen molar-refractivity contribution in [3.63, 3.8) is 0 Å². The van der Waals surface area contributed by atoms with Gasteiger partial charge in [0.15, 0.2) is 0 Å². The minimum absolute atomic E-state index is 0.195. The Balaban J connectivity index is 2.59. The first kappa shape index (κ1) is 18.1. The predicted molar refractivity (Wildman–Crippen MR) is 88.9 cm³/mol. The van der Waals surface area contributed by atoms with Gasteiger partial charge < -0.3 is 14.8 Å². The van der Waals surface area contributed by atoms with Gasteiger partial charge in [0.05, 0.1) is 25.9 Å². The molecule has 1 aromatic carbocycles. The molecule has 0 bridgehead atoms. The summed E-state index contributed by atoms with van der Waals surface area (Å²) in [5.74, 6) is 0. The Bertz CT molecular complexity index is 381. The number of likely N-dealkylation sites (N-methyl/N-ethyl adjacent to an activating group) is 1. The number of rotatable bonds is 9. The van der Waals surface area contributed by atoms with Crippen LogP contribution in [0.5, 0.6) is 0 Å². The molecule has 0 aromatic heterocycles. The van der Waals surface area contributed by atoms with Crippen LogP contribution in [-0.4, -0.2) is 33.0 Å². The van der Waals surface area contributed by atoms with Gasteiger partial charge in [-0.2, -0.15) is 0 Å². The molecule has 1 atom stereocenters. The maximum atomic E-state index is 5.71. The molecular weight excluding hydrogens is 262 g/mol. The van der Waals surface area contributed by atoms with Crippen LogP contribution in [0.15, 0.2) is 24.3 Å². The van der Waals surface area contributed by atoms with Crippen LogP contribution in [0.3, 0.4) is 0 Å². The van der Waals surface area contributed by atoms with E-state index in [4.69, 9.17) is 9.47 Å². The van der Waals surface area contributed by atoms with Crippen molar-refractivity contribution in [2.24, 2.45) is 0 Å². The lowest BCUT2D eigenvalue weighted by Crippen LogP contribution is -2.26. The SMILES string of the molecule is CCNC(COCCOCC)c1ccc(C(C)(C)C)cc1. The van der Waals surface area contributed by atoms with Gasteiger partial charge in [-0.1, -0.05) is 52.0 Å². The molecule has 0 fully saturated rings. The number of hydrogen-bond donors (Lipinski definition) is 1. The molecule has 0 saturated carbocycles. The summed E-state index contributed by atoms with van der Waals surface area (Å²) in [5, 5.41) is 3.48. The maximum Gasteiger partial charge on any atom is 0.0701 e. The van der Waals surface area contributed by atoms with E-state index in [1.54, 1.807) is 0 Å². The highest BCUT2D eigenvalue weighted by Crippen LogP contribution is 2.24. The lowest BCUT2D eigenvalue weighted by Gasteiger charge is -2.22. The largest absolute Gasteiger partial charge is 0.379 e. The molecule has 3 heteroatoms. The highest BCUT2D eigenvalue weighted by molar-refractivity contribution is 5.29. The second-order valence-electron chi connectivity index (χ2n) is 6.25. The van der Waals surface area contributed by atoms with Crippen LogP contribution in [0.25, 0.3) is 0 Å². The summed E-state index contributed by atoms with van der Waals surface area (Å²) in [6.07, 6.45) is 0. The summed E-state index contributed by atoms with van der Waals surface area (Å²) >= 11 is 0. The maximum absolute atomic E-state index is 5.71. The second-order valence-corrected chi connectivity index (χ2v) is 6.25. The van der Waals surface area contributed by atoms with Gasteiger partial charge in [0.1, 0.15) is 0 Å². The summed E-state index contributed by atoms with van der Waals surface area (Å²) in [6, 6.07) is 9.10.